The van der Waals surface area contributed by atoms with Crippen molar-refractivity contribution in [3.8, 4) is 0 Å². The van der Waals surface area contributed by atoms with Gasteiger partial charge in [-0.3, -0.25) is 9.59 Å². The third-order valence-corrected chi connectivity index (χ3v) is 3.66. The first-order valence-electron chi connectivity index (χ1n) is 6.61. The highest BCUT2D eigenvalue weighted by atomic mass is 127. The molecule has 1 rings (SSSR count). The summed E-state index contributed by atoms with van der Waals surface area (Å²) in [4.78, 5) is 23.1. The first-order valence-corrected chi connectivity index (χ1v) is 7.69. The maximum absolute atomic E-state index is 11.9. The molecule has 108 valence electrons. The van der Waals surface area contributed by atoms with E-state index in [1.807, 2.05) is 46.8 Å². The van der Waals surface area contributed by atoms with Gasteiger partial charge in [0.05, 0.1) is 6.04 Å². The Morgan fingerprint density at radius 2 is 1.84 bits per heavy atom. The molecule has 1 amide bonds. The van der Waals surface area contributed by atoms with Crippen LogP contribution in [-0.4, -0.2) is 17.7 Å². The molecule has 19 heavy (non-hydrogen) atoms. The van der Waals surface area contributed by atoms with Crippen LogP contribution in [0.2, 0.25) is 0 Å². The van der Waals surface area contributed by atoms with Crippen LogP contribution < -0.4 is 5.32 Å². The quantitative estimate of drug-likeness (QED) is 0.745. The fraction of sp³-hybridized carbons (Fsp3) is 0.600. The van der Waals surface area contributed by atoms with Crippen molar-refractivity contribution in [1.29, 1.82) is 0 Å². The molecule has 3 nitrogen and oxygen atoms in total. The van der Waals surface area contributed by atoms with Crippen LogP contribution in [0.1, 0.15) is 48.0 Å². The molecule has 0 saturated carbocycles. The fourth-order valence-corrected chi connectivity index (χ4v) is 2.16. The van der Waals surface area contributed by atoms with Gasteiger partial charge in [-0.15, -0.1) is 0 Å². The number of amides is 1. The Kier molecular flexibility index (Phi) is 7.55. The molecule has 1 N–H and O–H groups in total. The lowest BCUT2D eigenvalue weighted by atomic mass is 9.94. The second kappa shape index (κ2) is 7.82. The molecule has 0 bridgehead atoms. The Morgan fingerprint density at radius 1 is 1.32 bits per heavy atom. The average molecular weight is 377 g/mol. The van der Waals surface area contributed by atoms with Crippen LogP contribution in [0.25, 0.3) is 0 Å². The normalized spacial score (nSPS) is 18.6. The highest BCUT2D eigenvalue weighted by molar-refractivity contribution is 14.1. The van der Waals surface area contributed by atoms with Crippen molar-refractivity contribution < 1.29 is 9.59 Å². The smallest absolute Gasteiger partial charge is 0.225 e. The Morgan fingerprint density at radius 3 is 2.21 bits per heavy atom. The predicted molar refractivity (Wildman–Crippen MR) is 88.2 cm³/mol. The minimum absolute atomic E-state index is 0.00502. The number of hydrogen-bond donors (Lipinski definition) is 1. The number of Topliss-reactive ketones (excluding diaryl/α,β-unsaturated/α-hetero) is 1. The largest absolute Gasteiger partial charge is 0.348 e. The molecule has 0 aromatic carbocycles. The lowest BCUT2D eigenvalue weighted by Crippen LogP contribution is -2.42. The second-order valence-corrected chi connectivity index (χ2v) is 6.50. The molecule has 0 radical (unpaired) electrons. The minimum Gasteiger partial charge on any atom is -0.348 e. The summed E-state index contributed by atoms with van der Waals surface area (Å²) in [7, 11) is 0. The lowest BCUT2D eigenvalue weighted by Gasteiger charge is -2.25. The summed E-state index contributed by atoms with van der Waals surface area (Å²) in [5.41, 5.74) is 0.345. The van der Waals surface area contributed by atoms with E-state index in [-0.39, 0.29) is 23.1 Å². The third-order valence-electron chi connectivity index (χ3n) is 2.59. The number of carbonyl (C=O) groups excluding carboxylic acids is 2. The van der Waals surface area contributed by atoms with Crippen LogP contribution in [0.3, 0.4) is 0 Å². The zero-order valence-electron chi connectivity index (χ0n) is 12.6. The highest BCUT2D eigenvalue weighted by Crippen LogP contribution is 2.25. The monoisotopic (exact) mass is 377 g/mol. The Hall–Kier alpha value is -0.650. The van der Waals surface area contributed by atoms with Crippen LogP contribution in [0.15, 0.2) is 21.3 Å². The maximum Gasteiger partial charge on any atom is 0.225 e. The van der Waals surface area contributed by atoms with Gasteiger partial charge in [0.2, 0.25) is 5.91 Å². The van der Waals surface area contributed by atoms with Gasteiger partial charge in [-0.1, -0.05) is 40.7 Å². The van der Waals surface area contributed by atoms with E-state index in [1.165, 1.54) is 0 Å². The summed E-state index contributed by atoms with van der Waals surface area (Å²) >= 11 is 2.18. The molecule has 0 aromatic rings. The van der Waals surface area contributed by atoms with Gasteiger partial charge < -0.3 is 5.32 Å². The molecular weight excluding hydrogens is 353 g/mol. The number of halogens is 1. The standard InChI is InChI=1S/C13H18INO2.C2H6/c1-8(16)9-5-6-11(10(14)7-9)15-12(17)13(2,3)4;1-2/h5,7,11H,6H2,1-4H3,(H,15,17);1-2H3. The summed E-state index contributed by atoms with van der Waals surface area (Å²) in [5.74, 6) is 0.101. The van der Waals surface area contributed by atoms with Gasteiger partial charge in [0.25, 0.3) is 0 Å². The van der Waals surface area contributed by atoms with E-state index in [2.05, 4.69) is 27.9 Å². The van der Waals surface area contributed by atoms with E-state index in [1.54, 1.807) is 6.92 Å². The van der Waals surface area contributed by atoms with Gasteiger partial charge in [0.15, 0.2) is 5.78 Å². The summed E-state index contributed by atoms with van der Waals surface area (Å²) in [6.07, 6.45) is 4.42. The van der Waals surface area contributed by atoms with Crippen molar-refractivity contribution in [1.82, 2.24) is 5.32 Å². The van der Waals surface area contributed by atoms with E-state index in [9.17, 15) is 9.59 Å². The topological polar surface area (TPSA) is 46.2 Å². The molecule has 0 spiro atoms. The van der Waals surface area contributed by atoms with Crippen molar-refractivity contribution in [2.24, 2.45) is 5.41 Å². The molecule has 1 aliphatic carbocycles. The predicted octanol–water partition coefficient (Wildman–Crippen LogP) is 3.78. The Bertz CT molecular complexity index is 403. The summed E-state index contributed by atoms with van der Waals surface area (Å²) in [5, 5.41) is 3.00. The van der Waals surface area contributed by atoms with Crippen LogP contribution in [0, 0.1) is 5.41 Å². The van der Waals surface area contributed by atoms with E-state index in [0.717, 1.165) is 9.15 Å². The summed E-state index contributed by atoms with van der Waals surface area (Å²) in [6, 6.07) is 0.00502. The maximum atomic E-state index is 11.9. The molecule has 1 aliphatic rings. The number of allylic oxidation sites excluding steroid dienone is 2. The highest BCUT2D eigenvalue weighted by Gasteiger charge is 2.26. The number of rotatable bonds is 2. The fourth-order valence-electron chi connectivity index (χ4n) is 1.41. The zero-order valence-corrected chi connectivity index (χ0v) is 14.8. The van der Waals surface area contributed by atoms with Crippen molar-refractivity contribution >= 4 is 34.3 Å². The van der Waals surface area contributed by atoms with Crippen molar-refractivity contribution in [2.45, 2.75) is 54.0 Å². The molecule has 1 unspecified atom stereocenters. The first kappa shape index (κ1) is 18.4. The molecular formula is C15H24INO2. The van der Waals surface area contributed by atoms with Crippen molar-refractivity contribution in [3.05, 3.63) is 21.3 Å². The van der Waals surface area contributed by atoms with E-state index in [0.29, 0.717) is 6.42 Å². The number of nitrogens with one attached hydrogen (secondary N) is 1. The SMILES string of the molecule is CC.CC(=O)C1=CCC(NC(=O)C(C)(C)C)C(I)=C1. The van der Waals surface area contributed by atoms with Gasteiger partial charge in [-0.25, -0.2) is 0 Å². The minimum atomic E-state index is -0.387. The third kappa shape index (κ3) is 5.89. The molecule has 0 fully saturated rings. The number of hydrogen-bond acceptors (Lipinski definition) is 2. The van der Waals surface area contributed by atoms with Crippen molar-refractivity contribution in [3.63, 3.8) is 0 Å². The molecule has 0 aliphatic heterocycles. The Labute approximate surface area is 130 Å². The average Bonchev–Trinajstić information content (AvgIpc) is 2.32. The van der Waals surface area contributed by atoms with E-state index < -0.39 is 0 Å². The Balaban J connectivity index is 0.00000154. The zero-order chi connectivity index (χ0) is 15.2. The van der Waals surface area contributed by atoms with Gasteiger partial charge in [-0.2, -0.15) is 0 Å². The molecule has 0 heterocycles. The molecule has 0 aromatic heterocycles. The number of ketones is 1. The van der Waals surface area contributed by atoms with Crippen LogP contribution in [-0.2, 0) is 9.59 Å². The van der Waals surface area contributed by atoms with Crippen LogP contribution in [0.4, 0.5) is 0 Å². The van der Waals surface area contributed by atoms with E-state index in [4.69, 9.17) is 0 Å². The van der Waals surface area contributed by atoms with Gasteiger partial charge >= 0.3 is 0 Å². The number of carbonyl (C=O) groups is 2. The summed E-state index contributed by atoms with van der Waals surface area (Å²) < 4.78 is 1.01. The van der Waals surface area contributed by atoms with Crippen LogP contribution >= 0.6 is 22.6 Å². The van der Waals surface area contributed by atoms with Crippen molar-refractivity contribution in [2.75, 3.05) is 0 Å². The lowest BCUT2D eigenvalue weighted by molar-refractivity contribution is -0.128. The summed E-state index contributed by atoms with van der Waals surface area (Å²) in [6.45, 7) is 11.2. The molecule has 1 atom stereocenters. The van der Waals surface area contributed by atoms with Gasteiger partial charge in [0, 0.05) is 14.6 Å². The van der Waals surface area contributed by atoms with Gasteiger partial charge in [-0.05, 0) is 42.0 Å². The molecule has 4 heteroatoms. The van der Waals surface area contributed by atoms with Crippen LogP contribution in [0.5, 0.6) is 0 Å². The van der Waals surface area contributed by atoms with E-state index >= 15 is 0 Å². The second-order valence-electron chi connectivity index (χ2n) is 5.26. The van der Waals surface area contributed by atoms with Gasteiger partial charge in [0.1, 0.15) is 0 Å². The molecule has 0 saturated heterocycles. The first-order chi connectivity index (χ1) is 8.71.